The summed E-state index contributed by atoms with van der Waals surface area (Å²) < 4.78 is 21.7. The number of carboxylic acid groups (broad SMARTS) is 1. The summed E-state index contributed by atoms with van der Waals surface area (Å²) in [5.41, 5.74) is 2.44. The SMILES string of the molecule is CC1=CCC2(COc3cc(F)c(C(=O)N4CC[C@H](C)[C@H]4C(=O)O)cc3C3CC3)CC(C)CC1C2. The molecule has 3 fully saturated rings. The first-order valence-corrected chi connectivity index (χ1v) is 12.8. The molecule has 1 aromatic rings. The Bertz CT molecular complexity index is 1030. The fourth-order valence-corrected chi connectivity index (χ4v) is 6.74. The van der Waals surface area contributed by atoms with Gasteiger partial charge < -0.3 is 14.7 Å². The molecule has 184 valence electrons. The van der Waals surface area contributed by atoms with Gasteiger partial charge in [0.25, 0.3) is 5.91 Å². The van der Waals surface area contributed by atoms with Crippen LogP contribution in [0.2, 0.25) is 0 Å². The van der Waals surface area contributed by atoms with Crippen LogP contribution in [0.15, 0.2) is 23.8 Å². The molecular formula is C28H36FNO4. The average Bonchev–Trinajstić information content (AvgIpc) is 3.55. The van der Waals surface area contributed by atoms with Crippen molar-refractivity contribution in [2.75, 3.05) is 13.2 Å². The van der Waals surface area contributed by atoms with Crippen LogP contribution in [-0.2, 0) is 4.79 Å². The van der Waals surface area contributed by atoms with Crippen LogP contribution in [0.1, 0.15) is 87.6 Å². The van der Waals surface area contributed by atoms with E-state index in [1.165, 1.54) is 23.0 Å². The maximum Gasteiger partial charge on any atom is 0.326 e. The number of aliphatic carboxylic acids is 1. The number of likely N-dealkylation sites (tertiary alicyclic amines) is 1. The van der Waals surface area contributed by atoms with E-state index >= 15 is 4.39 Å². The number of carbonyl (C=O) groups excluding carboxylic acids is 1. The third-order valence-corrected chi connectivity index (χ3v) is 8.74. The lowest BCUT2D eigenvalue weighted by Gasteiger charge is -2.46. The number of hydrogen-bond donors (Lipinski definition) is 1. The molecule has 4 aliphatic rings. The van der Waals surface area contributed by atoms with Crippen molar-refractivity contribution >= 4 is 11.9 Å². The number of amides is 1. The van der Waals surface area contributed by atoms with Crippen molar-refractivity contribution in [3.8, 4) is 5.75 Å². The van der Waals surface area contributed by atoms with Gasteiger partial charge in [-0.2, -0.15) is 0 Å². The lowest BCUT2D eigenvalue weighted by atomic mass is 9.60. The minimum atomic E-state index is -1.03. The maximum atomic E-state index is 15.3. The molecule has 2 bridgehead atoms. The van der Waals surface area contributed by atoms with Crippen LogP contribution in [0, 0.1) is 29.0 Å². The predicted octanol–water partition coefficient (Wildman–Crippen LogP) is 5.79. The zero-order chi connectivity index (χ0) is 24.2. The first kappa shape index (κ1) is 23.4. The maximum absolute atomic E-state index is 15.3. The van der Waals surface area contributed by atoms with Crippen molar-refractivity contribution in [2.24, 2.45) is 23.2 Å². The lowest BCUT2D eigenvalue weighted by molar-refractivity contribution is -0.142. The van der Waals surface area contributed by atoms with Crippen LogP contribution in [0.25, 0.3) is 0 Å². The summed E-state index contributed by atoms with van der Waals surface area (Å²) in [6.45, 7) is 7.28. The van der Waals surface area contributed by atoms with Crippen LogP contribution in [0.3, 0.4) is 0 Å². The van der Waals surface area contributed by atoms with Crippen LogP contribution in [-0.4, -0.2) is 41.1 Å². The molecule has 6 heteroatoms. The molecule has 3 unspecified atom stereocenters. The number of allylic oxidation sites excluding steroid dienone is 2. The molecule has 2 saturated carbocycles. The van der Waals surface area contributed by atoms with E-state index in [0.717, 1.165) is 37.7 Å². The van der Waals surface area contributed by atoms with Gasteiger partial charge in [-0.1, -0.05) is 25.5 Å². The Morgan fingerprint density at radius 1 is 1.18 bits per heavy atom. The van der Waals surface area contributed by atoms with Crippen LogP contribution < -0.4 is 4.74 Å². The molecule has 3 aliphatic carbocycles. The van der Waals surface area contributed by atoms with Gasteiger partial charge in [0.1, 0.15) is 17.6 Å². The molecule has 1 aromatic carbocycles. The van der Waals surface area contributed by atoms with Crippen molar-refractivity contribution in [1.29, 1.82) is 0 Å². The molecule has 1 saturated heterocycles. The van der Waals surface area contributed by atoms with Crippen LogP contribution in [0.5, 0.6) is 5.75 Å². The summed E-state index contributed by atoms with van der Waals surface area (Å²) in [5.74, 6) is -0.240. The van der Waals surface area contributed by atoms with Crippen molar-refractivity contribution in [3.63, 3.8) is 0 Å². The quantitative estimate of drug-likeness (QED) is 0.536. The minimum absolute atomic E-state index is 0.0321. The topological polar surface area (TPSA) is 66.8 Å². The Morgan fingerprint density at radius 2 is 1.94 bits per heavy atom. The second kappa shape index (κ2) is 8.69. The van der Waals surface area contributed by atoms with E-state index in [-0.39, 0.29) is 22.8 Å². The number of carboxylic acids is 1. The number of ether oxygens (including phenoxy) is 1. The predicted molar refractivity (Wildman–Crippen MR) is 127 cm³/mol. The third-order valence-electron chi connectivity index (χ3n) is 8.74. The molecule has 1 N–H and O–H groups in total. The molecule has 5 atom stereocenters. The van der Waals surface area contributed by atoms with Gasteiger partial charge >= 0.3 is 5.97 Å². The Hall–Kier alpha value is -2.37. The fraction of sp³-hybridized carbons (Fsp3) is 0.643. The number of nitrogens with zero attached hydrogens (tertiary/aromatic N) is 1. The number of halogens is 1. The standard InChI is InChI=1S/C28H36FNO4/c1-16-10-20-14-28(13-16,8-6-17(20)2)15-34-24-12-23(29)22(11-21(24)19-4-5-19)26(31)30-9-7-18(3)25(30)27(32)33/h6,11-12,16,18-20,25H,4-5,7-10,13-15H2,1-3H3,(H,32,33)/t16?,18-,20?,25-,28?/m0/s1. The number of hydrogen-bond acceptors (Lipinski definition) is 3. The summed E-state index contributed by atoms with van der Waals surface area (Å²) in [6.07, 6.45) is 9.45. The largest absolute Gasteiger partial charge is 0.493 e. The Balaban J connectivity index is 1.39. The van der Waals surface area contributed by atoms with Crippen molar-refractivity contribution in [3.05, 3.63) is 40.7 Å². The first-order valence-electron chi connectivity index (χ1n) is 12.8. The normalized spacial score (nSPS) is 32.9. The molecular weight excluding hydrogens is 433 g/mol. The fourth-order valence-electron chi connectivity index (χ4n) is 6.74. The van der Waals surface area contributed by atoms with Crippen molar-refractivity contribution < 1.29 is 23.8 Å². The molecule has 1 amide bonds. The molecule has 0 radical (unpaired) electrons. The highest BCUT2D eigenvalue weighted by atomic mass is 19.1. The van der Waals surface area contributed by atoms with Gasteiger partial charge in [-0.25, -0.2) is 9.18 Å². The van der Waals surface area contributed by atoms with Gasteiger partial charge in [0.2, 0.25) is 0 Å². The summed E-state index contributed by atoms with van der Waals surface area (Å²) in [7, 11) is 0. The van der Waals surface area contributed by atoms with Crippen molar-refractivity contribution in [2.45, 2.75) is 77.7 Å². The zero-order valence-corrected chi connectivity index (χ0v) is 20.5. The van der Waals surface area contributed by atoms with Gasteiger partial charge in [-0.05, 0) is 87.2 Å². The van der Waals surface area contributed by atoms with Gasteiger partial charge in [0.15, 0.2) is 0 Å². The lowest BCUT2D eigenvalue weighted by Crippen LogP contribution is -2.43. The molecule has 0 aromatic heterocycles. The monoisotopic (exact) mass is 469 g/mol. The minimum Gasteiger partial charge on any atom is -0.493 e. The highest BCUT2D eigenvalue weighted by Crippen LogP contribution is 2.51. The zero-order valence-electron chi connectivity index (χ0n) is 20.5. The van der Waals surface area contributed by atoms with Crippen molar-refractivity contribution in [1.82, 2.24) is 4.90 Å². The van der Waals surface area contributed by atoms with Gasteiger partial charge in [0.05, 0.1) is 12.2 Å². The van der Waals surface area contributed by atoms with E-state index in [4.69, 9.17) is 4.74 Å². The molecule has 34 heavy (non-hydrogen) atoms. The van der Waals surface area contributed by atoms with E-state index in [2.05, 4.69) is 19.9 Å². The third kappa shape index (κ3) is 4.25. The molecule has 5 rings (SSSR count). The number of benzene rings is 1. The van der Waals surface area contributed by atoms with Crippen LogP contribution >= 0.6 is 0 Å². The molecule has 1 aliphatic heterocycles. The van der Waals surface area contributed by atoms with E-state index < -0.39 is 23.7 Å². The summed E-state index contributed by atoms with van der Waals surface area (Å²) in [4.78, 5) is 26.3. The Morgan fingerprint density at radius 3 is 2.65 bits per heavy atom. The van der Waals surface area contributed by atoms with Gasteiger partial charge in [-0.15, -0.1) is 0 Å². The first-order chi connectivity index (χ1) is 16.2. The number of rotatable bonds is 6. The smallest absolute Gasteiger partial charge is 0.326 e. The van der Waals surface area contributed by atoms with E-state index in [9.17, 15) is 14.7 Å². The second-order valence-electron chi connectivity index (χ2n) is 11.6. The summed E-state index contributed by atoms with van der Waals surface area (Å²) in [6, 6.07) is 2.11. The Kier molecular flexibility index (Phi) is 5.97. The summed E-state index contributed by atoms with van der Waals surface area (Å²) in [5, 5.41) is 9.60. The summed E-state index contributed by atoms with van der Waals surface area (Å²) >= 11 is 0. The molecule has 0 spiro atoms. The Labute approximate surface area is 201 Å². The van der Waals surface area contributed by atoms with Crippen LogP contribution in [0.4, 0.5) is 4.39 Å². The van der Waals surface area contributed by atoms with Gasteiger partial charge in [-0.3, -0.25) is 4.79 Å². The highest BCUT2D eigenvalue weighted by Gasteiger charge is 2.43. The van der Waals surface area contributed by atoms with E-state index in [0.29, 0.717) is 37.2 Å². The van der Waals surface area contributed by atoms with E-state index in [1.54, 1.807) is 6.07 Å². The van der Waals surface area contributed by atoms with Gasteiger partial charge in [0, 0.05) is 18.0 Å². The molecule has 5 nitrogen and oxygen atoms in total. The second-order valence-corrected chi connectivity index (χ2v) is 11.6. The number of carbonyl (C=O) groups is 2. The average molecular weight is 470 g/mol. The highest BCUT2D eigenvalue weighted by molar-refractivity contribution is 5.97. The van der Waals surface area contributed by atoms with E-state index in [1.807, 2.05) is 6.92 Å². The molecule has 1 heterocycles. The number of fused-ring (bicyclic) bond motifs is 2.